The van der Waals surface area contributed by atoms with Crippen LogP contribution in [0.2, 0.25) is 0 Å². The van der Waals surface area contributed by atoms with Crippen LogP contribution >= 0.6 is 22.7 Å². The Bertz CT molecular complexity index is 1120. The molecule has 0 fully saturated rings. The van der Waals surface area contributed by atoms with Gasteiger partial charge >= 0.3 is 6.18 Å². The van der Waals surface area contributed by atoms with Gasteiger partial charge in [0.2, 0.25) is 5.91 Å². The number of carbonyl (C=O) groups excluding carboxylic acids is 1. The van der Waals surface area contributed by atoms with E-state index in [0.29, 0.717) is 26.8 Å². The highest BCUT2D eigenvalue weighted by molar-refractivity contribution is 7.16. The molecule has 154 valence electrons. The maximum Gasteiger partial charge on any atom is 0.416 e. The van der Waals surface area contributed by atoms with Crippen molar-refractivity contribution in [3.63, 3.8) is 0 Å². The zero-order valence-electron chi connectivity index (χ0n) is 15.7. The Balaban J connectivity index is 1.45. The van der Waals surface area contributed by atoms with E-state index in [1.807, 2.05) is 0 Å². The highest BCUT2D eigenvalue weighted by Gasteiger charge is 2.30. The lowest BCUT2D eigenvalue weighted by atomic mass is 9.96. The first-order valence-corrected chi connectivity index (χ1v) is 11.0. The van der Waals surface area contributed by atoms with Gasteiger partial charge in [-0.25, -0.2) is 4.98 Å². The van der Waals surface area contributed by atoms with Gasteiger partial charge < -0.3 is 5.32 Å². The van der Waals surface area contributed by atoms with Crippen molar-refractivity contribution in [3.05, 3.63) is 56.9 Å². The van der Waals surface area contributed by atoms with Crippen molar-refractivity contribution in [3.8, 4) is 16.6 Å². The lowest BCUT2D eigenvalue weighted by Gasteiger charge is -2.09. The molecule has 0 spiro atoms. The third-order valence-electron chi connectivity index (χ3n) is 4.89. The van der Waals surface area contributed by atoms with Crippen LogP contribution in [0.25, 0.3) is 10.6 Å². The van der Waals surface area contributed by atoms with Gasteiger partial charge in [-0.1, -0.05) is 12.1 Å². The van der Waals surface area contributed by atoms with Gasteiger partial charge in [-0.3, -0.25) is 4.79 Å². The molecule has 0 radical (unpaired) electrons. The van der Waals surface area contributed by atoms with Gasteiger partial charge in [-0.05, 0) is 43.4 Å². The summed E-state index contributed by atoms with van der Waals surface area (Å²) in [7, 11) is 0. The quantitative estimate of drug-likeness (QED) is 0.548. The predicted octanol–water partition coefficient (Wildman–Crippen LogP) is 5.82. The number of aromatic nitrogens is 1. The number of benzene rings is 1. The molecule has 30 heavy (non-hydrogen) atoms. The number of hydrogen-bond acceptors (Lipinski definition) is 5. The van der Waals surface area contributed by atoms with E-state index in [0.717, 1.165) is 43.4 Å². The molecule has 2 aromatic heterocycles. The number of thiophene rings is 1. The van der Waals surface area contributed by atoms with Crippen molar-refractivity contribution >= 4 is 33.6 Å². The minimum Gasteiger partial charge on any atom is -0.316 e. The van der Waals surface area contributed by atoms with Crippen molar-refractivity contribution in [1.29, 1.82) is 5.26 Å². The van der Waals surface area contributed by atoms with E-state index in [4.69, 9.17) is 0 Å². The number of rotatable bonds is 4. The normalized spacial score (nSPS) is 13.5. The molecule has 0 saturated carbocycles. The zero-order chi connectivity index (χ0) is 21.3. The minimum atomic E-state index is -4.38. The molecule has 4 rings (SSSR count). The monoisotopic (exact) mass is 447 g/mol. The predicted molar refractivity (Wildman–Crippen MR) is 111 cm³/mol. The van der Waals surface area contributed by atoms with E-state index >= 15 is 0 Å². The Labute approximate surface area is 179 Å². The van der Waals surface area contributed by atoms with Gasteiger partial charge in [0.05, 0.1) is 23.2 Å². The topological polar surface area (TPSA) is 65.8 Å². The molecular formula is C21H16F3N3OS2. The van der Waals surface area contributed by atoms with Gasteiger partial charge in [-0.15, -0.1) is 22.7 Å². The number of thiazole rings is 1. The number of halogens is 3. The second kappa shape index (κ2) is 8.20. The van der Waals surface area contributed by atoms with Crippen LogP contribution in [0.1, 0.15) is 40.1 Å². The Hall–Kier alpha value is -2.70. The van der Waals surface area contributed by atoms with Crippen LogP contribution in [0.5, 0.6) is 0 Å². The molecule has 0 atom stereocenters. The maximum atomic E-state index is 12.7. The number of nitriles is 1. The third-order valence-corrected chi connectivity index (χ3v) is 7.04. The number of nitrogens with zero attached hydrogens (tertiary/aromatic N) is 2. The van der Waals surface area contributed by atoms with Gasteiger partial charge in [-0.2, -0.15) is 18.4 Å². The molecule has 0 aliphatic heterocycles. The van der Waals surface area contributed by atoms with Gasteiger partial charge in [0.15, 0.2) is 0 Å². The maximum absolute atomic E-state index is 12.7. The molecule has 1 aliphatic carbocycles. The Morgan fingerprint density at radius 1 is 1.20 bits per heavy atom. The molecule has 0 saturated heterocycles. The largest absolute Gasteiger partial charge is 0.416 e. The number of nitrogens with one attached hydrogen (secondary N) is 1. The van der Waals surface area contributed by atoms with Crippen molar-refractivity contribution in [2.24, 2.45) is 0 Å². The summed E-state index contributed by atoms with van der Waals surface area (Å²) in [5.74, 6) is -0.269. The smallest absolute Gasteiger partial charge is 0.316 e. The standard InChI is InChI=1S/C21H16F3N3OS2/c22-21(23,24)13-7-5-12(6-8-13)19-26-14(11-29-19)9-18(28)27-20-16(10-25)15-3-1-2-4-17(15)30-20/h5-8,11H,1-4,9H2,(H,27,28). The first-order chi connectivity index (χ1) is 14.3. The van der Waals surface area contributed by atoms with Crippen LogP contribution in [0.4, 0.5) is 18.2 Å². The third kappa shape index (κ3) is 4.25. The SMILES string of the molecule is N#Cc1c(NC(=O)Cc2csc(-c3ccc(C(F)(F)F)cc3)n2)sc2c1CCCC2. The molecule has 0 bridgehead atoms. The molecule has 0 unspecified atom stereocenters. The van der Waals surface area contributed by atoms with Crippen LogP contribution in [-0.2, 0) is 30.2 Å². The first kappa shape index (κ1) is 20.6. The summed E-state index contributed by atoms with van der Waals surface area (Å²) in [5, 5.41) is 15.2. The summed E-state index contributed by atoms with van der Waals surface area (Å²) >= 11 is 2.74. The molecule has 9 heteroatoms. The molecule has 4 nitrogen and oxygen atoms in total. The summed E-state index contributed by atoms with van der Waals surface area (Å²) in [6.45, 7) is 0. The van der Waals surface area contributed by atoms with Crippen LogP contribution in [0.15, 0.2) is 29.6 Å². The van der Waals surface area contributed by atoms with Crippen LogP contribution < -0.4 is 5.32 Å². The fraction of sp³-hybridized carbons (Fsp3) is 0.286. The molecule has 3 aromatic rings. The fourth-order valence-electron chi connectivity index (χ4n) is 3.43. The van der Waals surface area contributed by atoms with E-state index < -0.39 is 11.7 Å². The van der Waals surface area contributed by atoms with Crippen molar-refractivity contribution < 1.29 is 18.0 Å². The second-order valence-electron chi connectivity index (χ2n) is 6.97. The van der Waals surface area contributed by atoms with Crippen LogP contribution in [0.3, 0.4) is 0 Å². The highest BCUT2D eigenvalue weighted by atomic mass is 32.1. The summed E-state index contributed by atoms with van der Waals surface area (Å²) < 4.78 is 38.1. The summed E-state index contributed by atoms with van der Waals surface area (Å²) in [6, 6.07) is 7.01. The number of amides is 1. The van der Waals surface area contributed by atoms with Crippen LogP contribution in [-0.4, -0.2) is 10.9 Å². The Morgan fingerprint density at radius 2 is 1.93 bits per heavy atom. The average Bonchev–Trinajstić information content (AvgIpc) is 3.31. The lowest BCUT2D eigenvalue weighted by molar-refractivity contribution is -0.137. The van der Waals surface area contributed by atoms with E-state index in [1.165, 1.54) is 39.7 Å². The number of alkyl halides is 3. The second-order valence-corrected chi connectivity index (χ2v) is 8.93. The summed E-state index contributed by atoms with van der Waals surface area (Å²) in [4.78, 5) is 18.0. The highest BCUT2D eigenvalue weighted by Crippen LogP contribution is 2.37. The number of carbonyl (C=O) groups is 1. The van der Waals surface area contributed by atoms with E-state index in [9.17, 15) is 23.2 Å². The minimum absolute atomic E-state index is 0.0323. The molecule has 1 aromatic carbocycles. The lowest BCUT2D eigenvalue weighted by Crippen LogP contribution is -2.14. The molecule has 1 aliphatic rings. The van der Waals surface area contributed by atoms with Gasteiger partial charge in [0, 0.05) is 15.8 Å². The number of anilines is 1. The Kier molecular flexibility index (Phi) is 5.62. The van der Waals surface area contributed by atoms with E-state index in [-0.39, 0.29) is 12.3 Å². The summed E-state index contributed by atoms with van der Waals surface area (Å²) in [6.07, 6.45) is -0.395. The molecule has 2 heterocycles. The fourth-order valence-corrected chi connectivity index (χ4v) is 5.51. The summed E-state index contributed by atoms with van der Waals surface area (Å²) in [5.41, 5.74) is 2.01. The molecule has 1 amide bonds. The molecule has 1 N–H and O–H groups in total. The number of hydrogen-bond donors (Lipinski definition) is 1. The van der Waals surface area contributed by atoms with Crippen molar-refractivity contribution in [2.75, 3.05) is 5.32 Å². The molecular weight excluding hydrogens is 431 g/mol. The van der Waals surface area contributed by atoms with Crippen molar-refractivity contribution in [2.45, 2.75) is 38.3 Å². The Morgan fingerprint density at radius 3 is 2.63 bits per heavy atom. The first-order valence-electron chi connectivity index (χ1n) is 9.31. The zero-order valence-corrected chi connectivity index (χ0v) is 17.3. The van der Waals surface area contributed by atoms with Crippen LogP contribution in [0, 0.1) is 11.3 Å². The number of aryl methyl sites for hydroxylation is 1. The van der Waals surface area contributed by atoms with Crippen molar-refractivity contribution in [1.82, 2.24) is 4.98 Å². The van der Waals surface area contributed by atoms with Gasteiger partial charge in [0.25, 0.3) is 0 Å². The average molecular weight is 448 g/mol. The van der Waals surface area contributed by atoms with E-state index in [1.54, 1.807) is 5.38 Å². The van der Waals surface area contributed by atoms with Gasteiger partial charge in [0.1, 0.15) is 16.1 Å². The van der Waals surface area contributed by atoms with E-state index in [2.05, 4.69) is 16.4 Å². The number of fused-ring (bicyclic) bond motifs is 1.